The largest absolute Gasteiger partial charge is 0.161 e. The van der Waals surface area contributed by atoms with Gasteiger partial charge in [-0.25, -0.2) is 0 Å². The van der Waals surface area contributed by atoms with E-state index in [1.807, 2.05) is 0 Å². The average molecular weight is 267 g/mol. The van der Waals surface area contributed by atoms with Crippen molar-refractivity contribution in [3.8, 4) is 0 Å². The van der Waals surface area contributed by atoms with Gasteiger partial charge in [0.25, 0.3) is 0 Å². The van der Waals surface area contributed by atoms with E-state index in [0.29, 0.717) is 19.0 Å². The van der Waals surface area contributed by atoms with Gasteiger partial charge in [-0.2, -0.15) is 23.5 Å². The molecule has 0 rings (SSSR count). The van der Waals surface area contributed by atoms with Crippen LogP contribution in [0, 0.1) is 0 Å². The second-order valence-corrected chi connectivity index (χ2v) is 10.2. The minimum Gasteiger partial charge on any atom is -0.161 e. The molecular formula is C10H26S2Si2. The van der Waals surface area contributed by atoms with Crippen LogP contribution in [0.1, 0.15) is 13.3 Å². The summed E-state index contributed by atoms with van der Waals surface area (Å²) in [6, 6.07) is 4.62. The lowest BCUT2D eigenvalue weighted by Gasteiger charge is -2.01. The summed E-state index contributed by atoms with van der Waals surface area (Å²) in [7, 11) is 0.694. The third-order valence-electron chi connectivity index (χ3n) is 2.16. The Morgan fingerprint density at radius 3 is 2.29 bits per heavy atom. The molecule has 0 unspecified atom stereocenters. The smallest absolute Gasteiger partial charge is 0.0204 e. The topological polar surface area (TPSA) is 0 Å². The highest BCUT2D eigenvalue weighted by atomic mass is 32.2. The molecule has 0 atom stereocenters. The van der Waals surface area contributed by atoms with Gasteiger partial charge < -0.3 is 0 Å². The van der Waals surface area contributed by atoms with Gasteiger partial charge in [-0.15, -0.1) is 0 Å². The van der Waals surface area contributed by atoms with Gasteiger partial charge in [0, 0.05) is 30.5 Å². The molecule has 4 heteroatoms. The summed E-state index contributed by atoms with van der Waals surface area (Å²) in [6.45, 7) is 4.75. The minimum absolute atomic E-state index is 0.346. The minimum atomic E-state index is 0.346. The zero-order chi connectivity index (χ0) is 10.5. The van der Waals surface area contributed by atoms with E-state index in [4.69, 9.17) is 0 Å². The fourth-order valence-electron chi connectivity index (χ4n) is 1.23. The molecule has 0 fully saturated rings. The molecule has 0 N–H and O–H groups in total. The normalized spacial score (nSPS) is 12.4. The van der Waals surface area contributed by atoms with E-state index >= 15 is 0 Å². The summed E-state index contributed by atoms with van der Waals surface area (Å²) in [5.41, 5.74) is 0. The highest BCUT2D eigenvalue weighted by Gasteiger charge is 1.92. The van der Waals surface area contributed by atoms with Crippen molar-refractivity contribution in [1.82, 2.24) is 0 Å². The summed E-state index contributed by atoms with van der Waals surface area (Å²) in [5, 5.41) is 0. The first-order chi connectivity index (χ1) is 6.91. The quantitative estimate of drug-likeness (QED) is 0.416. The van der Waals surface area contributed by atoms with Gasteiger partial charge in [0.05, 0.1) is 0 Å². The number of rotatable bonds is 11. The maximum atomic E-state index is 2.41. The van der Waals surface area contributed by atoms with Crippen molar-refractivity contribution in [3.05, 3.63) is 0 Å². The van der Waals surface area contributed by atoms with Crippen molar-refractivity contribution >= 4 is 42.6 Å². The van der Waals surface area contributed by atoms with Gasteiger partial charge in [0.1, 0.15) is 0 Å². The highest BCUT2D eigenvalue weighted by Crippen LogP contribution is 2.10. The molecule has 86 valence electrons. The van der Waals surface area contributed by atoms with E-state index in [-0.39, 0.29) is 0 Å². The Morgan fingerprint density at radius 2 is 1.64 bits per heavy atom. The number of thioether (sulfide) groups is 2. The third kappa shape index (κ3) is 13.1. The van der Waals surface area contributed by atoms with Gasteiger partial charge in [-0.1, -0.05) is 31.6 Å². The Labute approximate surface area is 103 Å². The zero-order valence-electron chi connectivity index (χ0n) is 9.89. The molecule has 0 aliphatic rings. The number of hydrogen-bond donors (Lipinski definition) is 0. The molecule has 0 aliphatic heterocycles. The summed E-state index contributed by atoms with van der Waals surface area (Å²) < 4.78 is 0. The molecule has 0 heterocycles. The van der Waals surface area contributed by atoms with Crippen molar-refractivity contribution in [2.75, 3.05) is 23.0 Å². The fraction of sp³-hybridized carbons (Fsp3) is 1.00. The Kier molecular flexibility index (Phi) is 15.3. The van der Waals surface area contributed by atoms with Crippen LogP contribution in [0.4, 0.5) is 0 Å². The molecule has 0 spiro atoms. The molecule has 0 nitrogen and oxygen atoms in total. The van der Waals surface area contributed by atoms with Gasteiger partial charge in [-0.05, 0) is 17.9 Å². The van der Waals surface area contributed by atoms with Crippen molar-refractivity contribution in [2.24, 2.45) is 0 Å². The first kappa shape index (κ1) is 15.1. The van der Waals surface area contributed by atoms with Crippen LogP contribution >= 0.6 is 23.5 Å². The van der Waals surface area contributed by atoms with Crippen molar-refractivity contribution in [1.29, 1.82) is 0 Å². The van der Waals surface area contributed by atoms with E-state index < -0.39 is 0 Å². The Hall–Kier alpha value is 1.13. The van der Waals surface area contributed by atoms with Crippen LogP contribution in [0.2, 0.25) is 24.7 Å². The van der Waals surface area contributed by atoms with Crippen LogP contribution in [0.25, 0.3) is 0 Å². The Morgan fingerprint density at radius 1 is 0.929 bits per heavy atom. The van der Waals surface area contributed by atoms with Crippen LogP contribution in [0.15, 0.2) is 0 Å². The zero-order valence-corrected chi connectivity index (χ0v) is 14.3. The highest BCUT2D eigenvalue weighted by molar-refractivity contribution is 8.02. The lowest BCUT2D eigenvalue weighted by Crippen LogP contribution is -1.92. The van der Waals surface area contributed by atoms with Gasteiger partial charge in [-0.3, -0.25) is 0 Å². The summed E-state index contributed by atoms with van der Waals surface area (Å²) in [5.74, 6) is 5.66. The molecule has 0 aromatic rings. The van der Waals surface area contributed by atoms with Crippen molar-refractivity contribution in [3.63, 3.8) is 0 Å². The van der Waals surface area contributed by atoms with Crippen LogP contribution in [0.3, 0.4) is 0 Å². The van der Waals surface area contributed by atoms with Crippen LogP contribution < -0.4 is 0 Å². The average Bonchev–Trinajstić information content (AvgIpc) is 2.21. The fourth-order valence-corrected chi connectivity index (χ4v) is 6.23. The molecule has 0 aromatic carbocycles. The summed E-state index contributed by atoms with van der Waals surface area (Å²) in [4.78, 5) is 0. The van der Waals surface area contributed by atoms with E-state index in [2.05, 4.69) is 37.0 Å². The maximum Gasteiger partial charge on any atom is 0.0204 e. The van der Waals surface area contributed by atoms with Gasteiger partial charge in [0.2, 0.25) is 0 Å². The monoisotopic (exact) mass is 266 g/mol. The lowest BCUT2D eigenvalue weighted by molar-refractivity contribution is 1.09. The SMILES string of the molecule is CC[SiH2]CCSCCSCCC[SiH2]C. The van der Waals surface area contributed by atoms with Crippen LogP contribution in [-0.2, 0) is 0 Å². The van der Waals surface area contributed by atoms with Gasteiger partial charge in [0.15, 0.2) is 0 Å². The second-order valence-electron chi connectivity index (χ2n) is 3.64. The van der Waals surface area contributed by atoms with Crippen molar-refractivity contribution < 1.29 is 0 Å². The van der Waals surface area contributed by atoms with E-state index in [0.717, 1.165) is 0 Å². The molecule has 0 bridgehead atoms. The summed E-state index contributed by atoms with van der Waals surface area (Å²) >= 11 is 4.35. The standard InChI is InChI=1S/C10H26S2Si2/c1-3-14-10-8-12-7-6-11-5-4-9-13-2/h3-10,13-14H2,1-2H3. The summed E-state index contributed by atoms with van der Waals surface area (Å²) in [6.07, 6.45) is 1.49. The Bertz CT molecular complexity index is 90.1. The Balaban J connectivity index is 2.78. The molecular weight excluding hydrogens is 240 g/mol. The van der Waals surface area contributed by atoms with Crippen LogP contribution in [-0.4, -0.2) is 42.1 Å². The van der Waals surface area contributed by atoms with E-state index in [9.17, 15) is 0 Å². The first-order valence-electron chi connectivity index (χ1n) is 6.07. The molecule has 0 saturated carbocycles. The molecule has 0 saturated heterocycles. The molecule has 0 aromatic heterocycles. The lowest BCUT2D eigenvalue weighted by atomic mass is 10.6. The van der Waals surface area contributed by atoms with E-state index in [1.165, 1.54) is 35.5 Å². The van der Waals surface area contributed by atoms with Gasteiger partial charge >= 0.3 is 0 Å². The first-order valence-corrected chi connectivity index (χ1v) is 12.8. The molecule has 14 heavy (non-hydrogen) atoms. The second kappa shape index (κ2) is 14.1. The van der Waals surface area contributed by atoms with E-state index in [1.54, 1.807) is 12.1 Å². The van der Waals surface area contributed by atoms with Crippen LogP contribution in [0.5, 0.6) is 0 Å². The predicted molar refractivity (Wildman–Crippen MR) is 82.3 cm³/mol. The molecule has 0 amide bonds. The number of hydrogen-bond acceptors (Lipinski definition) is 2. The third-order valence-corrected chi connectivity index (χ3v) is 7.84. The molecule has 0 radical (unpaired) electrons. The maximum absolute atomic E-state index is 2.41. The van der Waals surface area contributed by atoms with Crippen molar-refractivity contribution in [2.45, 2.75) is 38.0 Å². The predicted octanol–water partition coefficient (Wildman–Crippen LogP) is 2.50. The molecule has 0 aliphatic carbocycles.